The van der Waals surface area contributed by atoms with Gasteiger partial charge in [0.25, 0.3) is 0 Å². The molecule has 1 aliphatic carbocycles. The van der Waals surface area contributed by atoms with Crippen molar-refractivity contribution in [1.82, 2.24) is 5.32 Å². The Bertz CT molecular complexity index is 2490. The minimum atomic E-state index is -0.459. The number of rotatable bonds is 3. The number of fused-ring (bicyclic) bond motifs is 10. The first-order valence-corrected chi connectivity index (χ1v) is 16.5. The highest BCUT2D eigenvalue weighted by atomic mass is 16.5. The Kier molecular flexibility index (Phi) is 5.85. The van der Waals surface area contributed by atoms with E-state index < -0.39 is 5.41 Å². The van der Waals surface area contributed by atoms with Crippen LogP contribution in [0, 0.1) is 0 Å². The van der Waals surface area contributed by atoms with Crippen LogP contribution in [0.25, 0.3) is 28.0 Å². The maximum atomic E-state index is 6.78. The van der Waals surface area contributed by atoms with Crippen molar-refractivity contribution in [2.75, 3.05) is 0 Å². The summed E-state index contributed by atoms with van der Waals surface area (Å²) in [5.41, 5.74) is 12.6. The first-order valence-electron chi connectivity index (χ1n) is 16.5. The van der Waals surface area contributed by atoms with Gasteiger partial charge in [-0.1, -0.05) is 146 Å². The third-order valence-electron chi connectivity index (χ3n) is 10.2. The summed E-state index contributed by atoms with van der Waals surface area (Å²) in [5.74, 6) is 1.79. The topological polar surface area (TPSA) is 33.6 Å². The van der Waals surface area contributed by atoms with Crippen molar-refractivity contribution >= 4 is 5.70 Å². The summed E-state index contributed by atoms with van der Waals surface area (Å²) in [6, 6.07) is 60.6. The van der Waals surface area contributed by atoms with E-state index in [4.69, 9.17) is 9.73 Å². The SMILES string of the molecule is c1ccc(C2N=c3ccccc3=C(c3cccc(-c4ccc5c(c4)Oc4ccccc4C54c5ccccc5-c5ccccc54)c3)N2)cc1. The Morgan fingerprint density at radius 1 is 0.479 bits per heavy atom. The number of nitrogens with one attached hydrogen (secondary N) is 1. The van der Waals surface area contributed by atoms with Crippen molar-refractivity contribution < 1.29 is 4.74 Å². The van der Waals surface area contributed by atoms with Gasteiger partial charge < -0.3 is 10.1 Å². The van der Waals surface area contributed by atoms with Gasteiger partial charge in [0.2, 0.25) is 0 Å². The molecule has 3 heteroatoms. The lowest BCUT2D eigenvalue weighted by Crippen LogP contribution is -2.39. The molecule has 0 amide bonds. The molecule has 10 rings (SSSR count). The highest BCUT2D eigenvalue weighted by Crippen LogP contribution is 2.62. The zero-order chi connectivity index (χ0) is 31.7. The van der Waals surface area contributed by atoms with Gasteiger partial charge in [-0.05, 0) is 68.8 Å². The Labute approximate surface area is 279 Å². The average Bonchev–Trinajstić information content (AvgIpc) is 3.45. The highest BCUT2D eigenvalue weighted by molar-refractivity contribution is 5.89. The maximum absolute atomic E-state index is 6.78. The Balaban J connectivity index is 1.13. The molecule has 0 saturated heterocycles. The molecule has 226 valence electrons. The molecule has 7 aromatic rings. The van der Waals surface area contributed by atoms with E-state index in [1.807, 2.05) is 6.07 Å². The van der Waals surface area contributed by atoms with Crippen molar-refractivity contribution in [3.63, 3.8) is 0 Å². The molecular weight excluding hydrogens is 585 g/mol. The number of hydrogen-bond acceptors (Lipinski definition) is 3. The van der Waals surface area contributed by atoms with Gasteiger partial charge in [0.05, 0.1) is 16.5 Å². The summed E-state index contributed by atoms with van der Waals surface area (Å²) in [6.07, 6.45) is -0.162. The average molecular weight is 615 g/mol. The molecule has 1 atom stereocenters. The smallest absolute Gasteiger partial charge is 0.145 e. The zero-order valence-corrected chi connectivity index (χ0v) is 26.1. The van der Waals surface area contributed by atoms with E-state index in [-0.39, 0.29) is 6.17 Å². The van der Waals surface area contributed by atoms with Crippen molar-refractivity contribution in [2.24, 2.45) is 4.99 Å². The molecular formula is C45H30N2O. The number of ether oxygens (including phenoxy) is 1. The largest absolute Gasteiger partial charge is 0.457 e. The lowest BCUT2D eigenvalue weighted by Gasteiger charge is -2.39. The van der Waals surface area contributed by atoms with E-state index in [1.165, 1.54) is 33.4 Å². The van der Waals surface area contributed by atoms with Gasteiger partial charge in [-0.15, -0.1) is 0 Å². The van der Waals surface area contributed by atoms with E-state index >= 15 is 0 Å². The van der Waals surface area contributed by atoms with Crippen LogP contribution < -0.4 is 20.6 Å². The molecule has 3 aliphatic rings. The molecule has 0 fully saturated rings. The van der Waals surface area contributed by atoms with Crippen molar-refractivity contribution in [1.29, 1.82) is 0 Å². The van der Waals surface area contributed by atoms with Crippen LogP contribution in [0.5, 0.6) is 11.5 Å². The molecule has 2 aliphatic heterocycles. The summed E-state index contributed by atoms with van der Waals surface area (Å²) < 4.78 is 6.78. The lowest BCUT2D eigenvalue weighted by molar-refractivity contribution is 0.436. The van der Waals surface area contributed by atoms with E-state index in [1.54, 1.807) is 0 Å². The molecule has 1 unspecified atom stereocenters. The molecule has 48 heavy (non-hydrogen) atoms. The maximum Gasteiger partial charge on any atom is 0.145 e. The zero-order valence-electron chi connectivity index (χ0n) is 26.1. The van der Waals surface area contributed by atoms with E-state index in [0.717, 1.165) is 50.0 Å². The summed E-state index contributed by atoms with van der Waals surface area (Å²) in [6.45, 7) is 0. The van der Waals surface area contributed by atoms with Crippen LogP contribution in [0.2, 0.25) is 0 Å². The number of para-hydroxylation sites is 2. The van der Waals surface area contributed by atoms with E-state index in [2.05, 4.69) is 169 Å². The summed E-state index contributed by atoms with van der Waals surface area (Å²) >= 11 is 0. The van der Waals surface area contributed by atoms with Gasteiger partial charge in [-0.25, -0.2) is 0 Å². The van der Waals surface area contributed by atoms with Gasteiger partial charge in [0.1, 0.15) is 17.7 Å². The van der Waals surface area contributed by atoms with Crippen molar-refractivity contribution in [3.8, 4) is 33.8 Å². The molecule has 0 saturated carbocycles. The van der Waals surface area contributed by atoms with Crippen molar-refractivity contribution in [2.45, 2.75) is 11.6 Å². The molecule has 2 heterocycles. The van der Waals surface area contributed by atoms with E-state index in [0.29, 0.717) is 0 Å². The van der Waals surface area contributed by atoms with Crippen molar-refractivity contribution in [3.05, 3.63) is 214 Å². The summed E-state index contributed by atoms with van der Waals surface area (Å²) in [5, 5.41) is 5.86. The van der Waals surface area contributed by atoms with Crippen LogP contribution in [-0.2, 0) is 5.41 Å². The third kappa shape index (κ3) is 3.85. The van der Waals surface area contributed by atoms with Crippen LogP contribution in [-0.4, -0.2) is 0 Å². The second-order valence-corrected chi connectivity index (χ2v) is 12.7. The third-order valence-corrected chi connectivity index (χ3v) is 10.2. The number of nitrogens with zero attached hydrogens (tertiary/aromatic N) is 1. The van der Waals surface area contributed by atoms with Gasteiger partial charge in [0, 0.05) is 16.3 Å². The lowest BCUT2D eigenvalue weighted by atomic mass is 9.66. The normalized spacial score (nSPS) is 15.9. The molecule has 0 radical (unpaired) electrons. The first kappa shape index (κ1) is 27.0. The number of benzene rings is 7. The molecule has 1 spiro atoms. The fraction of sp³-hybridized carbons (Fsp3) is 0.0444. The number of hydrogen-bond donors (Lipinski definition) is 1. The quantitative estimate of drug-likeness (QED) is 0.216. The van der Waals surface area contributed by atoms with Gasteiger partial charge in [-0.2, -0.15) is 0 Å². The molecule has 0 aromatic heterocycles. The van der Waals surface area contributed by atoms with Crippen LogP contribution in [0.15, 0.2) is 175 Å². The van der Waals surface area contributed by atoms with Gasteiger partial charge >= 0.3 is 0 Å². The second kappa shape index (κ2) is 10.4. The fourth-order valence-electron chi connectivity index (χ4n) is 8.11. The first-order chi connectivity index (χ1) is 23.8. The monoisotopic (exact) mass is 614 g/mol. The van der Waals surface area contributed by atoms with Gasteiger partial charge in [0.15, 0.2) is 0 Å². The fourth-order valence-corrected chi connectivity index (χ4v) is 8.11. The predicted molar refractivity (Wildman–Crippen MR) is 191 cm³/mol. The minimum absolute atomic E-state index is 0.162. The molecule has 1 N–H and O–H groups in total. The predicted octanol–water partition coefficient (Wildman–Crippen LogP) is 8.90. The molecule has 3 nitrogen and oxygen atoms in total. The Morgan fingerprint density at radius 3 is 1.92 bits per heavy atom. The van der Waals surface area contributed by atoms with Crippen LogP contribution in [0.1, 0.15) is 39.5 Å². The van der Waals surface area contributed by atoms with Crippen LogP contribution in [0.3, 0.4) is 0 Å². The second-order valence-electron chi connectivity index (χ2n) is 12.7. The summed E-state index contributed by atoms with van der Waals surface area (Å²) in [4.78, 5) is 5.06. The Morgan fingerprint density at radius 2 is 1.10 bits per heavy atom. The minimum Gasteiger partial charge on any atom is -0.457 e. The standard InChI is InChI=1S/C45H30N2O/c1-2-13-29(14-3-1)44-46-40-23-10-6-19-35(40)43(47-44)32-16-12-15-30(27-32)31-25-26-39-42(28-31)48-41-24-11-9-22-38(41)45(39)36-20-7-4-17-33(36)34-18-5-8-21-37(34)45/h1-28,44,47H. The van der Waals surface area contributed by atoms with E-state index in [9.17, 15) is 0 Å². The molecule has 0 bridgehead atoms. The van der Waals surface area contributed by atoms with Crippen LogP contribution >= 0.6 is 0 Å². The Hall–Kier alpha value is -6.19. The summed E-state index contributed by atoms with van der Waals surface area (Å²) in [7, 11) is 0. The highest BCUT2D eigenvalue weighted by Gasteiger charge is 2.50. The van der Waals surface area contributed by atoms with Gasteiger partial charge in [-0.3, -0.25) is 4.99 Å². The molecule has 7 aromatic carbocycles. The van der Waals surface area contributed by atoms with Crippen LogP contribution in [0.4, 0.5) is 0 Å².